The number of rotatable bonds is 6. The van der Waals surface area contributed by atoms with E-state index in [0.29, 0.717) is 18.0 Å². The van der Waals surface area contributed by atoms with Crippen LogP contribution in [-0.2, 0) is 19.4 Å². The predicted octanol–water partition coefficient (Wildman–Crippen LogP) is 2.74. The van der Waals surface area contributed by atoms with Crippen LogP contribution in [-0.4, -0.2) is 22.0 Å². The molecule has 0 aliphatic heterocycles. The van der Waals surface area contributed by atoms with Crippen LogP contribution in [0, 0.1) is 0 Å². The summed E-state index contributed by atoms with van der Waals surface area (Å²) in [5, 5.41) is 4.97. The third kappa shape index (κ3) is 2.99. The van der Waals surface area contributed by atoms with Gasteiger partial charge in [-0.15, -0.1) is 0 Å². The zero-order valence-corrected chi connectivity index (χ0v) is 11.5. The molecular weight excluding hydrogens is 241 g/mol. The van der Waals surface area contributed by atoms with Crippen molar-refractivity contribution in [3.8, 4) is 0 Å². The Labute approximate surface area is 107 Å². The lowest BCUT2D eigenvalue weighted by atomic mass is 9.96. The zero-order valence-electron chi connectivity index (χ0n) is 10.8. The van der Waals surface area contributed by atoms with Gasteiger partial charge in [0.15, 0.2) is 0 Å². The number of hydrogen-bond donors (Lipinski definition) is 1. The second kappa shape index (κ2) is 5.83. The third-order valence-corrected chi connectivity index (χ3v) is 3.61. The van der Waals surface area contributed by atoms with E-state index < -0.39 is 5.67 Å². The van der Waals surface area contributed by atoms with Crippen molar-refractivity contribution in [3.05, 3.63) is 16.4 Å². The number of aryl methyl sites for hydroxylation is 2. The molecule has 0 aliphatic rings. The van der Waals surface area contributed by atoms with Gasteiger partial charge in [-0.05, 0) is 19.8 Å². The average molecular weight is 262 g/mol. The third-order valence-electron chi connectivity index (χ3n) is 3.18. The SMILES string of the molecule is CCc1nn(CC)c(CC(F)(CC)CN)c1Cl. The lowest BCUT2D eigenvalue weighted by Gasteiger charge is -2.22. The van der Waals surface area contributed by atoms with Gasteiger partial charge in [0, 0.05) is 19.5 Å². The summed E-state index contributed by atoms with van der Waals surface area (Å²) in [6.45, 7) is 6.47. The van der Waals surface area contributed by atoms with Gasteiger partial charge in [0.2, 0.25) is 0 Å². The zero-order chi connectivity index (χ0) is 13.1. The highest BCUT2D eigenvalue weighted by Crippen LogP contribution is 2.28. The average Bonchev–Trinajstić information content (AvgIpc) is 2.66. The van der Waals surface area contributed by atoms with Crippen LogP contribution < -0.4 is 5.73 Å². The van der Waals surface area contributed by atoms with Crippen LogP contribution in [0.1, 0.15) is 38.6 Å². The van der Waals surface area contributed by atoms with Gasteiger partial charge in [0.1, 0.15) is 5.67 Å². The van der Waals surface area contributed by atoms with Gasteiger partial charge in [-0.1, -0.05) is 25.4 Å². The van der Waals surface area contributed by atoms with E-state index in [1.54, 1.807) is 11.6 Å². The number of nitrogens with zero attached hydrogens (tertiary/aromatic N) is 2. The van der Waals surface area contributed by atoms with Crippen LogP contribution in [0.4, 0.5) is 4.39 Å². The molecule has 0 aromatic carbocycles. The fourth-order valence-electron chi connectivity index (χ4n) is 1.83. The van der Waals surface area contributed by atoms with Crippen LogP contribution in [0.2, 0.25) is 5.02 Å². The first-order valence-corrected chi connectivity index (χ1v) is 6.52. The van der Waals surface area contributed by atoms with E-state index in [-0.39, 0.29) is 13.0 Å². The molecule has 3 nitrogen and oxygen atoms in total. The van der Waals surface area contributed by atoms with Gasteiger partial charge in [-0.2, -0.15) is 5.10 Å². The number of nitrogens with two attached hydrogens (primary N) is 1. The molecule has 0 fully saturated rings. The molecule has 0 radical (unpaired) electrons. The molecule has 1 rings (SSSR count). The summed E-state index contributed by atoms with van der Waals surface area (Å²) in [5.41, 5.74) is 5.71. The minimum atomic E-state index is -1.39. The molecule has 1 heterocycles. The van der Waals surface area contributed by atoms with E-state index in [1.807, 2.05) is 13.8 Å². The van der Waals surface area contributed by atoms with Crippen molar-refractivity contribution in [2.75, 3.05) is 6.54 Å². The minimum absolute atomic E-state index is 0.0101. The maximum Gasteiger partial charge on any atom is 0.128 e. The molecule has 1 atom stereocenters. The Morgan fingerprint density at radius 3 is 2.47 bits per heavy atom. The van der Waals surface area contributed by atoms with E-state index >= 15 is 0 Å². The summed E-state index contributed by atoms with van der Waals surface area (Å²) < 4.78 is 16.1. The van der Waals surface area contributed by atoms with Gasteiger partial charge >= 0.3 is 0 Å². The second-order valence-corrected chi connectivity index (χ2v) is 4.64. The maximum absolute atomic E-state index is 14.3. The van der Waals surface area contributed by atoms with Crippen LogP contribution >= 0.6 is 11.6 Å². The van der Waals surface area contributed by atoms with Crippen LogP contribution in [0.15, 0.2) is 0 Å². The van der Waals surface area contributed by atoms with E-state index in [2.05, 4.69) is 5.10 Å². The van der Waals surface area contributed by atoms with Crippen LogP contribution in [0.5, 0.6) is 0 Å². The molecule has 0 spiro atoms. The van der Waals surface area contributed by atoms with Gasteiger partial charge in [-0.25, -0.2) is 4.39 Å². The summed E-state index contributed by atoms with van der Waals surface area (Å²) in [5.74, 6) is 0. The Hall–Kier alpha value is -0.610. The smallest absolute Gasteiger partial charge is 0.128 e. The van der Waals surface area contributed by atoms with Crippen molar-refractivity contribution in [2.24, 2.45) is 5.73 Å². The first-order valence-electron chi connectivity index (χ1n) is 6.14. The van der Waals surface area contributed by atoms with Gasteiger partial charge in [0.25, 0.3) is 0 Å². The number of alkyl halides is 1. The molecule has 98 valence electrons. The van der Waals surface area contributed by atoms with Crippen LogP contribution in [0.25, 0.3) is 0 Å². The molecule has 0 amide bonds. The number of halogens is 2. The molecule has 1 unspecified atom stereocenters. The van der Waals surface area contributed by atoms with Crippen molar-refractivity contribution in [1.29, 1.82) is 0 Å². The van der Waals surface area contributed by atoms with Crippen LogP contribution in [0.3, 0.4) is 0 Å². The minimum Gasteiger partial charge on any atom is -0.328 e. The first-order chi connectivity index (χ1) is 8.01. The second-order valence-electron chi connectivity index (χ2n) is 4.26. The van der Waals surface area contributed by atoms with Gasteiger partial charge in [0.05, 0.1) is 16.4 Å². The topological polar surface area (TPSA) is 43.8 Å². The van der Waals surface area contributed by atoms with E-state index in [9.17, 15) is 4.39 Å². The summed E-state index contributed by atoms with van der Waals surface area (Å²) in [4.78, 5) is 0. The monoisotopic (exact) mass is 261 g/mol. The predicted molar refractivity (Wildman–Crippen MR) is 69.2 cm³/mol. The summed E-state index contributed by atoms with van der Waals surface area (Å²) in [6.07, 6.45) is 1.38. The normalized spacial score (nSPS) is 14.9. The molecule has 0 saturated heterocycles. The molecule has 5 heteroatoms. The van der Waals surface area contributed by atoms with Crippen molar-refractivity contribution in [1.82, 2.24) is 9.78 Å². The van der Waals surface area contributed by atoms with Crippen molar-refractivity contribution >= 4 is 11.6 Å². The summed E-state index contributed by atoms with van der Waals surface area (Å²) in [7, 11) is 0. The molecular formula is C12H21ClFN3. The Morgan fingerprint density at radius 1 is 1.41 bits per heavy atom. The quantitative estimate of drug-likeness (QED) is 0.856. The summed E-state index contributed by atoms with van der Waals surface area (Å²) in [6, 6.07) is 0. The molecule has 0 bridgehead atoms. The van der Waals surface area contributed by atoms with E-state index in [0.717, 1.165) is 17.8 Å². The van der Waals surface area contributed by atoms with Gasteiger partial charge in [-0.3, -0.25) is 4.68 Å². The highest BCUT2D eigenvalue weighted by Gasteiger charge is 2.29. The lowest BCUT2D eigenvalue weighted by Crippen LogP contribution is -2.35. The molecule has 0 aliphatic carbocycles. The fraction of sp³-hybridized carbons (Fsp3) is 0.750. The summed E-state index contributed by atoms with van der Waals surface area (Å²) >= 11 is 6.24. The van der Waals surface area contributed by atoms with Crippen molar-refractivity contribution in [2.45, 2.75) is 52.2 Å². The molecule has 0 saturated carbocycles. The highest BCUT2D eigenvalue weighted by molar-refractivity contribution is 6.31. The fourth-order valence-corrected chi connectivity index (χ4v) is 2.16. The van der Waals surface area contributed by atoms with E-state index in [4.69, 9.17) is 17.3 Å². The molecule has 1 aromatic rings. The largest absolute Gasteiger partial charge is 0.328 e. The molecule has 17 heavy (non-hydrogen) atoms. The van der Waals surface area contributed by atoms with Crippen molar-refractivity contribution in [3.63, 3.8) is 0 Å². The Bertz CT molecular complexity index is 372. The first kappa shape index (κ1) is 14.5. The number of hydrogen-bond acceptors (Lipinski definition) is 2. The highest BCUT2D eigenvalue weighted by atomic mass is 35.5. The lowest BCUT2D eigenvalue weighted by molar-refractivity contribution is 0.163. The number of aromatic nitrogens is 2. The maximum atomic E-state index is 14.3. The molecule has 1 aromatic heterocycles. The van der Waals surface area contributed by atoms with Crippen molar-refractivity contribution < 1.29 is 4.39 Å². The van der Waals surface area contributed by atoms with Gasteiger partial charge < -0.3 is 5.73 Å². The standard InChI is InChI=1S/C12H21ClFN3/c1-4-9-11(13)10(17(6-3)16-9)7-12(14,5-2)8-15/h4-8,15H2,1-3H3. The molecule has 2 N–H and O–H groups in total. The Kier molecular flexibility index (Phi) is 4.95. The Morgan fingerprint density at radius 2 is 2.06 bits per heavy atom. The Balaban J connectivity index is 3.08. The van der Waals surface area contributed by atoms with E-state index in [1.165, 1.54) is 0 Å².